The molecule has 1 aliphatic rings. The summed E-state index contributed by atoms with van der Waals surface area (Å²) in [5.74, 6) is 0.423. The van der Waals surface area contributed by atoms with Gasteiger partial charge in [0, 0.05) is 25.2 Å². The molecule has 2 N–H and O–H groups in total. The molecule has 1 heterocycles. The molecule has 2 nitrogen and oxygen atoms in total. The number of nitrogens with two attached hydrogens (primary N) is 1. The van der Waals surface area contributed by atoms with Gasteiger partial charge in [-0.3, -0.25) is 4.90 Å². The van der Waals surface area contributed by atoms with Crippen molar-refractivity contribution in [1.29, 1.82) is 0 Å². The SMILES string of the molecule is CCC1CN(C(C)c2cccc(C(F)(F)F)c2)CCC1N. The summed E-state index contributed by atoms with van der Waals surface area (Å²) in [6, 6.07) is 5.84. The Morgan fingerprint density at radius 3 is 2.71 bits per heavy atom. The average Bonchev–Trinajstić information content (AvgIpc) is 2.46. The van der Waals surface area contributed by atoms with Crippen LogP contribution in [0.25, 0.3) is 0 Å². The fraction of sp³-hybridized carbons (Fsp3) is 0.625. The first-order valence-corrected chi connectivity index (χ1v) is 7.49. The topological polar surface area (TPSA) is 29.3 Å². The van der Waals surface area contributed by atoms with E-state index in [2.05, 4.69) is 11.8 Å². The van der Waals surface area contributed by atoms with Crippen molar-refractivity contribution < 1.29 is 13.2 Å². The minimum absolute atomic E-state index is 0.0196. The van der Waals surface area contributed by atoms with Crippen LogP contribution in [0.3, 0.4) is 0 Å². The van der Waals surface area contributed by atoms with Crippen molar-refractivity contribution in [3.05, 3.63) is 35.4 Å². The van der Waals surface area contributed by atoms with E-state index >= 15 is 0 Å². The second kappa shape index (κ2) is 6.36. The molecular weight excluding hydrogens is 277 g/mol. The molecule has 1 fully saturated rings. The van der Waals surface area contributed by atoms with Crippen molar-refractivity contribution >= 4 is 0 Å². The van der Waals surface area contributed by atoms with E-state index in [1.807, 2.05) is 6.92 Å². The van der Waals surface area contributed by atoms with Crippen molar-refractivity contribution in [2.24, 2.45) is 11.7 Å². The quantitative estimate of drug-likeness (QED) is 0.919. The predicted octanol–water partition coefficient (Wildman–Crippen LogP) is 3.83. The van der Waals surface area contributed by atoms with E-state index < -0.39 is 11.7 Å². The molecule has 1 aromatic rings. The molecule has 2 rings (SSSR count). The van der Waals surface area contributed by atoms with Gasteiger partial charge in [0.1, 0.15) is 0 Å². The zero-order chi connectivity index (χ0) is 15.6. The van der Waals surface area contributed by atoms with Crippen molar-refractivity contribution in [3.8, 4) is 0 Å². The molecule has 0 radical (unpaired) electrons. The maximum absolute atomic E-state index is 12.8. The number of alkyl halides is 3. The van der Waals surface area contributed by atoms with E-state index in [0.29, 0.717) is 5.92 Å². The lowest BCUT2D eigenvalue weighted by Crippen LogP contribution is -2.47. The van der Waals surface area contributed by atoms with Crippen LogP contribution in [0, 0.1) is 5.92 Å². The Kier molecular flexibility index (Phi) is 4.94. The second-order valence-electron chi connectivity index (χ2n) is 5.91. The van der Waals surface area contributed by atoms with Crippen LogP contribution >= 0.6 is 0 Å². The number of halogens is 3. The maximum Gasteiger partial charge on any atom is 0.416 e. The molecule has 0 bridgehead atoms. The first-order chi connectivity index (χ1) is 9.82. The van der Waals surface area contributed by atoms with Crippen molar-refractivity contribution in [2.75, 3.05) is 13.1 Å². The van der Waals surface area contributed by atoms with Crippen LogP contribution in [0.2, 0.25) is 0 Å². The Morgan fingerprint density at radius 1 is 1.38 bits per heavy atom. The third-order valence-corrected chi connectivity index (χ3v) is 4.59. The van der Waals surface area contributed by atoms with E-state index in [9.17, 15) is 13.2 Å². The van der Waals surface area contributed by atoms with E-state index in [1.165, 1.54) is 12.1 Å². The Morgan fingerprint density at radius 2 is 2.10 bits per heavy atom. The Bertz CT molecular complexity index is 473. The molecule has 1 aliphatic heterocycles. The van der Waals surface area contributed by atoms with Gasteiger partial charge >= 0.3 is 6.18 Å². The smallest absolute Gasteiger partial charge is 0.327 e. The Hall–Kier alpha value is -1.07. The van der Waals surface area contributed by atoms with Gasteiger partial charge in [0.15, 0.2) is 0 Å². The summed E-state index contributed by atoms with van der Waals surface area (Å²) in [4.78, 5) is 2.24. The summed E-state index contributed by atoms with van der Waals surface area (Å²) in [7, 11) is 0. The van der Waals surface area contributed by atoms with Crippen molar-refractivity contribution in [3.63, 3.8) is 0 Å². The summed E-state index contributed by atoms with van der Waals surface area (Å²) >= 11 is 0. The van der Waals surface area contributed by atoms with E-state index in [-0.39, 0.29) is 12.1 Å². The summed E-state index contributed by atoms with van der Waals surface area (Å²) in [6.07, 6.45) is -2.37. The van der Waals surface area contributed by atoms with Gasteiger partial charge in [-0.1, -0.05) is 25.5 Å². The van der Waals surface area contributed by atoms with Crippen LogP contribution < -0.4 is 5.73 Å². The molecule has 0 amide bonds. The van der Waals surface area contributed by atoms with Gasteiger partial charge in [0.2, 0.25) is 0 Å². The van der Waals surface area contributed by atoms with Crippen LogP contribution in [0.5, 0.6) is 0 Å². The molecule has 5 heteroatoms. The van der Waals surface area contributed by atoms with Crippen LogP contribution in [0.4, 0.5) is 13.2 Å². The lowest BCUT2D eigenvalue weighted by Gasteiger charge is -2.40. The van der Waals surface area contributed by atoms with E-state index in [4.69, 9.17) is 5.73 Å². The fourth-order valence-corrected chi connectivity index (χ4v) is 3.05. The van der Waals surface area contributed by atoms with Crippen molar-refractivity contribution in [2.45, 2.75) is 44.9 Å². The predicted molar refractivity (Wildman–Crippen MR) is 77.8 cm³/mol. The molecule has 0 spiro atoms. The highest BCUT2D eigenvalue weighted by molar-refractivity contribution is 5.27. The van der Waals surface area contributed by atoms with Gasteiger partial charge in [-0.15, -0.1) is 0 Å². The van der Waals surface area contributed by atoms with Crippen LogP contribution in [0.1, 0.15) is 43.9 Å². The third-order valence-electron chi connectivity index (χ3n) is 4.59. The lowest BCUT2D eigenvalue weighted by molar-refractivity contribution is -0.137. The zero-order valence-electron chi connectivity index (χ0n) is 12.5. The maximum atomic E-state index is 12.8. The standard InChI is InChI=1S/C16H23F3N2/c1-3-12-10-21(8-7-15(12)20)11(2)13-5-4-6-14(9-13)16(17,18)19/h4-6,9,11-12,15H,3,7-8,10,20H2,1-2H3. The molecule has 21 heavy (non-hydrogen) atoms. The molecular formula is C16H23F3N2. The highest BCUT2D eigenvalue weighted by Crippen LogP contribution is 2.33. The highest BCUT2D eigenvalue weighted by atomic mass is 19.4. The largest absolute Gasteiger partial charge is 0.416 e. The number of rotatable bonds is 3. The second-order valence-corrected chi connectivity index (χ2v) is 5.91. The molecule has 0 aliphatic carbocycles. The van der Waals surface area contributed by atoms with Crippen LogP contribution in [-0.4, -0.2) is 24.0 Å². The number of hydrogen-bond donors (Lipinski definition) is 1. The third kappa shape index (κ3) is 3.77. The minimum atomic E-state index is -4.29. The number of benzene rings is 1. The fourth-order valence-electron chi connectivity index (χ4n) is 3.05. The van der Waals surface area contributed by atoms with Gasteiger partial charge in [-0.05, 0) is 37.0 Å². The molecule has 118 valence electrons. The minimum Gasteiger partial charge on any atom is -0.327 e. The number of nitrogens with zero attached hydrogens (tertiary/aromatic N) is 1. The van der Waals surface area contributed by atoms with Gasteiger partial charge in [0.05, 0.1) is 5.56 Å². The molecule has 0 saturated carbocycles. The monoisotopic (exact) mass is 300 g/mol. The van der Waals surface area contributed by atoms with Crippen molar-refractivity contribution in [1.82, 2.24) is 4.90 Å². The van der Waals surface area contributed by atoms with E-state index in [1.54, 1.807) is 6.07 Å². The molecule has 1 saturated heterocycles. The van der Waals surface area contributed by atoms with Gasteiger partial charge in [0.25, 0.3) is 0 Å². The number of hydrogen-bond acceptors (Lipinski definition) is 2. The first kappa shape index (κ1) is 16.3. The summed E-state index contributed by atoms with van der Waals surface area (Å²) in [5.41, 5.74) is 6.24. The average molecular weight is 300 g/mol. The summed E-state index contributed by atoms with van der Waals surface area (Å²) in [5, 5.41) is 0. The molecule has 3 atom stereocenters. The Labute approximate surface area is 124 Å². The summed E-state index contributed by atoms with van der Waals surface area (Å²) < 4.78 is 38.4. The molecule has 0 aromatic heterocycles. The van der Waals surface area contributed by atoms with Gasteiger partial charge in [-0.2, -0.15) is 13.2 Å². The number of likely N-dealkylation sites (tertiary alicyclic amines) is 1. The van der Waals surface area contributed by atoms with E-state index in [0.717, 1.165) is 37.6 Å². The molecule has 1 aromatic carbocycles. The normalized spacial score (nSPS) is 25.8. The Balaban J connectivity index is 2.15. The molecule has 3 unspecified atom stereocenters. The lowest BCUT2D eigenvalue weighted by atomic mass is 9.89. The highest BCUT2D eigenvalue weighted by Gasteiger charge is 2.32. The van der Waals surface area contributed by atoms with Gasteiger partial charge in [-0.25, -0.2) is 0 Å². The van der Waals surface area contributed by atoms with Gasteiger partial charge < -0.3 is 5.73 Å². The van der Waals surface area contributed by atoms with Crippen LogP contribution in [0.15, 0.2) is 24.3 Å². The van der Waals surface area contributed by atoms with Crippen LogP contribution in [-0.2, 0) is 6.18 Å². The first-order valence-electron chi connectivity index (χ1n) is 7.49. The zero-order valence-corrected chi connectivity index (χ0v) is 12.5. The number of piperidine rings is 1. The summed E-state index contributed by atoms with van der Waals surface area (Å²) in [6.45, 7) is 5.78.